The molecule has 1 fully saturated rings. The number of hydrogen-bond donors (Lipinski definition) is 1. The summed E-state index contributed by atoms with van der Waals surface area (Å²) in [5.41, 5.74) is 1.76. The highest BCUT2D eigenvalue weighted by Crippen LogP contribution is 2.31. The molecule has 156 valence electrons. The summed E-state index contributed by atoms with van der Waals surface area (Å²) in [7, 11) is 1.70. The smallest absolute Gasteiger partial charge is 0.225 e. The number of methoxy groups -OCH3 is 1. The summed E-state index contributed by atoms with van der Waals surface area (Å²) in [6.07, 6.45) is 4.01. The van der Waals surface area contributed by atoms with Gasteiger partial charge in [-0.15, -0.1) is 0 Å². The fraction of sp³-hybridized carbons (Fsp3) is 0.500. The van der Waals surface area contributed by atoms with Gasteiger partial charge in [-0.05, 0) is 55.1 Å². The molecule has 1 amide bonds. The van der Waals surface area contributed by atoms with Crippen LogP contribution in [0.1, 0.15) is 50.9 Å². The number of aromatic nitrogens is 1. The number of carbonyl (C=O) groups is 1. The number of piperidine rings is 1. The van der Waals surface area contributed by atoms with Crippen molar-refractivity contribution in [2.45, 2.75) is 46.2 Å². The molecule has 0 radical (unpaired) electrons. The molecule has 2 heterocycles. The zero-order valence-electron chi connectivity index (χ0n) is 18.0. The number of amides is 1. The van der Waals surface area contributed by atoms with Crippen molar-refractivity contribution in [2.24, 2.45) is 11.3 Å². The van der Waals surface area contributed by atoms with E-state index in [2.05, 4.69) is 27.3 Å². The van der Waals surface area contributed by atoms with E-state index in [0.29, 0.717) is 5.92 Å². The number of nitrogens with one attached hydrogen (secondary N) is 1. The van der Waals surface area contributed by atoms with Crippen LogP contribution < -0.4 is 10.1 Å². The molecular weight excluding hydrogens is 362 g/mol. The summed E-state index contributed by atoms with van der Waals surface area (Å²) in [6, 6.07) is 14.1. The van der Waals surface area contributed by atoms with Crippen LogP contribution in [0, 0.1) is 11.3 Å². The van der Waals surface area contributed by atoms with Crippen LogP contribution in [0.2, 0.25) is 0 Å². The molecular formula is C24H33N3O2. The molecule has 0 spiro atoms. The lowest BCUT2D eigenvalue weighted by Gasteiger charge is -2.38. The molecule has 0 bridgehead atoms. The van der Waals surface area contributed by atoms with Crippen LogP contribution in [0.15, 0.2) is 48.7 Å². The first kappa shape index (κ1) is 21.3. The van der Waals surface area contributed by atoms with Crippen LogP contribution in [0.3, 0.4) is 0 Å². The molecule has 1 aromatic heterocycles. The lowest BCUT2D eigenvalue weighted by atomic mass is 9.86. The van der Waals surface area contributed by atoms with Crippen LogP contribution in [-0.2, 0) is 11.3 Å². The third-order valence-corrected chi connectivity index (χ3v) is 5.53. The van der Waals surface area contributed by atoms with Gasteiger partial charge in [-0.25, -0.2) is 0 Å². The fourth-order valence-electron chi connectivity index (χ4n) is 3.89. The summed E-state index contributed by atoms with van der Waals surface area (Å²) < 4.78 is 5.36. The molecule has 5 heteroatoms. The van der Waals surface area contributed by atoms with Crippen molar-refractivity contribution in [1.82, 2.24) is 15.2 Å². The van der Waals surface area contributed by atoms with Gasteiger partial charge in [0, 0.05) is 24.7 Å². The highest BCUT2D eigenvalue weighted by molar-refractivity contribution is 5.81. The first-order valence-corrected chi connectivity index (χ1v) is 10.4. The van der Waals surface area contributed by atoms with Crippen molar-refractivity contribution < 1.29 is 9.53 Å². The van der Waals surface area contributed by atoms with Gasteiger partial charge in [-0.1, -0.05) is 39.0 Å². The van der Waals surface area contributed by atoms with E-state index in [1.54, 1.807) is 7.11 Å². The average molecular weight is 396 g/mol. The molecule has 1 N–H and O–H groups in total. The molecule has 1 aromatic carbocycles. The van der Waals surface area contributed by atoms with Crippen molar-refractivity contribution in [3.63, 3.8) is 0 Å². The first-order valence-electron chi connectivity index (χ1n) is 10.4. The summed E-state index contributed by atoms with van der Waals surface area (Å²) in [5.74, 6) is 1.29. The minimum atomic E-state index is -0.429. The summed E-state index contributed by atoms with van der Waals surface area (Å²) in [4.78, 5) is 19.8. The highest BCUT2D eigenvalue weighted by Gasteiger charge is 2.33. The maximum Gasteiger partial charge on any atom is 0.225 e. The van der Waals surface area contributed by atoms with E-state index in [1.807, 2.05) is 57.3 Å². The number of nitrogens with zero attached hydrogens (tertiary/aromatic N) is 2. The Bertz CT molecular complexity index is 801. The molecule has 1 aliphatic rings. The number of benzene rings is 1. The zero-order valence-corrected chi connectivity index (χ0v) is 18.0. The van der Waals surface area contributed by atoms with Crippen LogP contribution in [0.25, 0.3) is 0 Å². The zero-order chi connectivity index (χ0) is 20.9. The third kappa shape index (κ3) is 5.80. The largest absolute Gasteiger partial charge is 0.497 e. The Balaban J connectivity index is 1.75. The predicted octanol–water partition coefficient (Wildman–Crippen LogP) is 4.21. The van der Waals surface area contributed by atoms with E-state index in [9.17, 15) is 4.79 Å². The first-order chi connectivity index (χ1) is 13.9. The Morgan fingerprint density at radius 3 is 2.79 bits per heavy atom. The third-order valence-electron chi connectivity index (χ3n) is 5.53. The van der Waals surface area contributed by atoms with Gasteiger partial charge >= 0.3 is 0 Å². The number of carbonyl (C=O) groups excluding carboxylic acids is 1. The Kier molecular flexibility index (Phi) is 6.91. The van der Waals surface area contributed by atoms with E-state index in [0.717, 1.165) is 43.9 Å². The molecule has 2 aromatic rings. The Morgan fingerprint density at radius 2 is 2.10 bits per heavy atom. The summed E-state index contributed by atoms with van der Waals surface area (Å²) >= 11 is 0. The van der Waals surface area contributed by atoms with Gasteiger partial charge in [-0.3, -0.25) is 14.7 Å². The fourth-order valence-corrected chi connectivity index (χ4v) is 3.89. The second-order valence-corrected chi connectivity index (χ2v) is 8.94. The minimum absolute atomic E-state index is 0.0677. The summed E-state index contributed by atoms with van der Waals surface area (Å²) in [6.45, 7) is 8.74. The SMILES string of the molecule is COc1cccc(CN2CCC[C@@H]([C@@H](NC(=O)C(C)(C)C)c3ccccn3)C2)c1. The Hall–Kier alpha value is -2.40. The van der Waals surface area contributed by atoms with E-state index in [1.165, 1.54) is 5.56 Å². The molecule has 29 heavy (non-hydrogen) atoms. The van der Waals surface area contributed by atoms with Gasteiger partial charge < -0.3 is 10.1 Å². The lowest BCUT2D eigenvalue weighted by Crippen LogP contribution is -2.45. The van der Waals surface area contributed by atoms with E-state index in [4.69, 9.17) is 4.74 Å². The van der Waals surface area contributed by atoms with Gasteiger partial charge in [-0.2, -0.15) is 0 Å². The monoisotopic (exact) mass is 395 g/mol. The van der Waals surface area contributed by atoms with Crippen molar-refractivity contribution >= 4 is 5.91 Å². The molecule has 1 aliphatic heterocycles. The minimum Gasteiger partial charge on any atom is -0.497 e. The normalized spacial score (nSPS) is 18.8. The highest BCUT2D eigenvalue weighted by atomic mass is 16.5. The maximum absolute atomic E-state index is 12.8. The topological polar surface area (TPSA) is 54.5 Å². The van der Waals surface area contributed by atoms with Gasteiger partial charge in [0.2, 0.25) is 5.91 Å². The molecule has 0 saturated carbocycles. The van der Waals surface area contributed by atoms with Crippen molar-refractivity contribution in [3.05, 3.63) is 59.9 Å². The maximum atomic E-state index is 12.8. The lowest BCUT2D eigenvalue weighted by molar-refractivity contribution is -0.130. The molecule has 0 aliphatic carbocycles. The number of hydrogen-bond acceptors (Lipinski definition) is 4. The standard InChI is InChI=1S/C24H33N3O2/c1-24(2,3)23(28)26-22(21-12-5-6-13-25-21)19-10-8-14-27(17-19)16-18-9-7-11-20(15-18)29-4/h5-7,9,11-13,15,19,22H,8,10,14,16-17H2,1-4H3,(H,26,28)/t19-,22-/m1/s1. The van der Waals surface area contributed by atoms with Crippen LogP contribution in [0.5, 0.6) is 5.75 Å². The van der Waals surface area contributed by atoms with Crippen molar-refractivity contribution in [3.8, 4) is 5.75 Å². The van der Waals surface area contributed by atoms with Gasteiger partial charge in [0.15, 0.2) is 0 Å². The van der Waals surface area contributed by atoms with Gasteiger partial charge in [0.1, 0.15) is 5.75 Å². The second-order valence-electron chi connectivity index (χ2n) is 8.94. The van der Waals surface area contributed by atoms with Crippen molar-refractivity contribution in [2.75, 3.05) is 20.2 Å². The summed E-state index contributed by atoms with van der Waals surface area (Å²) in [5, 5.41) is 3.30. The van der Waals surface area contributed by atoms with Gasteiger partial charge in [0.25, 0.3) is 0 Å². The second kappa shape index (κ2) is 9.40. The number of rotatable bonds is 6. The average Bonchev–Trinajstić information content (AvgIpc) is 2.72. The van der Waals surface area contributed by atoms with Crippen molar-refractivity contribution in [1.29, 1.82) is 0 Å². The van der Waals surface area contributed by atoms with E-state index in [-0.39, 0.29) is 11.9 Å². The molecule has 0 unspecified atom stereocenters. The number of pyridine rings is 1. The molecule has 2 atom stereocenters. The molecule has 1 saturated heterocycles. The van der Waals surface area contributed by atoms with Crippen LogP contribution >= 0.6 is 0 Å². The molecule has 3 rings (SSSR count). The Labute approximate surface area is 174 Å². The number of likely N-dealkylation sites (tertiary alicyclic amines) is 1. The van der Waals surface area contributed by atoms with Gasteiger partial charge in [0.05, 0.1) is 18.8 Å². The van der Waals surface area contributed by atoms with E-state index < -0.39 is 5.41 Å². The molecule has 5 nitrogen and oxygen atoms in total. The predicted molar refractivity (Wildman–Crippen MR) is 116 cm³/mol. The Morgan fingerprint density at radius 1 is 1.28 bits per heavy atom. The van der Waals surface area contributed by atoms with Crippen LogP contribution in [0.4, 0.5) is 0 Å². The van der Waals surface area contributed by atoms with Crippen LogP contribution in [-0.4, -0.2) is 36.0 Å². The number of ether oxygens (including phenoxy) is 1. The van der Waals surface area contributed by atoms with E-state index >= 15 is 0 Å². The quantitative estimate of drug-likeness (QED) is 0.796.